The number of likely N-dealkylation sites (tertiary alicyclic amines) is 1. The minimum absolute atomic E-state index is 0.0519. The number of amides is 4. The van der Waals surface area contributed by atoms with Crippen LogP contribution in [0.4, 0.5) is 5.69 Å². The van der Waals surface area contributed by atoms with Crippen molar-refractivity contribution in [1.82, 2.24) is 15.1 Å². The molecule has 2 aliphatic rings. The van der Waals surface area contributed by atoms with Crippen molar-refractivity contribution in [1.29, 1.82) is 0 Å². The largest absolute Gasteiger partial charge is 0.384 e. The van der Waals surface area contributed by atoms with Gasteiger partial charge in [0.1, 0.15) is 12.3 Å². The predicted octanol–water partition coefficient (Wildman–Crippen LogP) is 1.49. The number of imide groups is 1. The van der Waals surface area contributed by atoms with Gasteiger partial charge >= 0.3 is 0 Å². The minimum Gasteiger partial charge on any atom is -0.384 e. The smallest absolute Gasteiger partial charge is 0.264 e. The fourth-order valence-corrected chi connectivity index (χ4v) is 4.47. The van der Waals surface area contributed by atoms with Crippen molar-refractivity contribution in [3.63, 3.8) is 0 Å². The molecule has 0 saturated carbocycles. The number of likely N-dealkylation sites (N-methyl/N-ethyl adjacent to an activating group) is 1. The molecule has 0 aliphatic carbocycles. The van der Waals surface area contributed by atoms with Crippen LogP contribution in [0.15, 0.2) is 18.2 Å². The van der Waals surface area contributed by atoms with E-state index in [4.69, 9.17) is 0 Å². The lowest BCUT2D eigenvalue weighted by molar-refractivity contribution is -0.132. The maximum atomic E-state index is 13.2. The highest BCUT2D eigenvalue weighted by Crippen LogP contribution is 2.31. The second-order valence-corrected chi connectivity index (χ2v) is 8.96. The zero-order chi connectivity index (χ0) is 24.0. The second-order valence-electron chi connectivity index (χ2n) is 8.22. The van der Waals surface area contributed by atoms with Gasteiger partial charge in [0, 0.05) is 50.5 Å². The van der Waals surface area contributed by atoms with Crippen LogP contribution in [0.25, 0.3) is 0 Å². The molecule has 1 aromatic rings. The number of benzene rings is 1. The van der Waals surface area contributed by atoms with Crippen molar-refractivity contribution in [3.05, 3.63) is 29.3 Å². The molecule has 4 amide bonds. The van der Waals surface area contributed by atoms with E-state index in [1.54, 1.807) is 18.2 Å². The Bertz CT molecular complexity index is 929. The number of hydrogen-bond acceptors (Lipinski definition) is 7. The van der Waals surface area contributed by atoms with Crippen LogP contribution >= 0.6 is 12.6 Å². The van der Waals surface area contributed by atoms with E-state index >= 15 is 0 Å². The molecule has 2 heterocycles. The Morgan fingerprint density at radius 1 is 1.21 bits per heavy atom. The van der Waals surface area contributed by atoms with Crippen molar-refractivity contribution in [2.45, 2.75) is 49.8 Å². The third-order valence-corrected chi connectivity index (χ3v) is 6.58. The average molecular weight is 475 g/mol. The summed E-state index contributed by atoms with van der Waals surface area (Å²) in [4.78, 5) is 64.5. The van der Waals surface area contributed by atoms with Gasteiger partial charge in [-0.3, -0.25) is 24.1 Å². The van der Waals surface area contributed by atoms with Gasteiger partial charge in [-0.1, -0.05) is 6.07 Å². The van der Waals surface area contributed by atoms with Gasteiger partial charge < -0.3 is 20.3 Å². The SMILES string of the molecule is CNC(=O)C(CCC=O)N1C(=O)c2cccc(NCCCC(=O)N3CCC(S)CC3)c2C1=O. The third kappa shape index (κ3) is 5.55. The van der Waals surface area contributed by atoms with Gasteiger partial charge in [0.25, 0.3) is 11.8 Å². The summed E-state index contributed by atoms with van der Waals surface area (Å²) in [5.74, 6) is -1.51. The van der Waals surface area contributed by atoms with Crippen molar-refractivity contribution < 1.29 is 24.0 Å². The fourth-order valence-electron chi connectivity index (χ4n) is 4.24. The van der Waals surface area contributed by atoms with Gasteiger partial charge in [0.05, 0.1) is 11.1 Å². The molecule has 0 aromatic heterocycles. The molecular formula is C23H30N4O5S. The number of thiol groups is 1. The molecule has 0 bridgehead atoms. The highest BCUT2D eigenvalue weighted by Gasteiger charge is 2.43. The quantitative estimate of drug-likeness (QED) is 0.205. The van der Waals surface area contributed by atoms with E-state index in [1.807, 2.05) is 4.90 Å². The van der Waals surface area contributed by atoms with E-state index in [2.05, 4.69) is 23.3 Å². The number of piperidine rings is 1. The average Bonchev–Trinajstić information content (AvgIpc) is 3.08. The van der Waals surface area contributed by atoms with Crippen LogP contribution in [0.2, 0.25) is 0 Å². The molecule has 178 valence electrons. The molecule has 33 heavy (non-hydrogen) atoms. The van der Waals surface area contributed by atoms with Crippen molar-refractivity contribution in [3.8, 4) is 0 Å². The van der Waals surface area contributed by atoms with Crippen LogP contribution in [0.3, 0.4) is 0 Å². The predicted molar refractivity (Wildman–Crippen MR) is 126 cm³/mol. The Kier molecular flexibility index (Phi) is 8.49. The number of aldehydes is 1. The summed E-state index contributed by atoms with van der Waals surface area (Å²) < 4.78 is 0. The number of anilines is 1. The van der Waals surface area contributed by atoms with Crippen LogP contribution < -0.4 is 10.6 Å². The molecule has 0 radical (unpaired) electrons. The maximum absolute atomic E-state index is 13.2. The Morgan fingerprint density at radius 2 is 1.94 bits per heavy atom. The Balaban J connectivity index is 1.64. The van der Waals surface area contributed by atoms with Gasteiger partial charge in [0.2, 0.25) is 11.8 Å². The topological polar surface area (TPSA) is 116 Å². The summed E-state index contributed by atoms with van der Waals surface area (Å²) in [7, 11) is 1.42. The van der Waals surface area contributed by atoms with E-state index in [9.17, 15) is 24.0 Å². The number of nitrogens with zero attached hydrogens (tertiary/aromatic N) is 2. The number of nitrogens with one attached hydrogen (secondary N) is 2. The Morgan fingerprint density at radius 3 is 2.61 bits per heavy atom. The molecule has 1 atom stereocenters. The van der Waals surface area contributed by atoms with Crippen molar-refractivity contribution in [2.24, 2.45) is 0 Å². The van der Waals surface area contributed by atoms with Gasteiger partial charge in [-0.05, 0) is 37.8 Å². The number of fused-ring (bicyclic) bond motifs is 1. The van der Waals surface area contributed by atoms with Crippen LogP contribution in [0.1, 0.15) is 59.2 Å². The molecule has 0 spiro atoms. The number of rotatable bonds is 10. The molecule has 9 nitrogen and oxygen atoms in total. The number of hydrogen-bond donors (Lipinski definition) is 3. The first-order valence-corrected chi connectivity index (χ1v) is 11.8. The maximum Gasteiger partial charge on any atom is 0.264 e. The lowest BCUT2D eigenvalue weighted by Crippen LogP contribution is -2.48. The lowest BCUT2D eigenvalue weighted by Gasteiger charge is -2.30. The van der Waals surface area contributed by atoms with E-state index in [1.165, 1.54) is 7.05 Å². The van der Waals surface area contributed by atoms with Gasteiger partial charge in [-0.2, -0.15) is 12.6 Å². The molecule has 1 unspecified atom stereocenters. The standard InChI is InChI=1S/C23H30N4O5S/c1-24-21(30)18(7-4-14-28)27-22(31)16-5-2-6-17(20(16)23(27)32)25-11-3-8-19(29)26-12-9-15(33)10-13-26/h2,5-6,14-15,18,25,33H,3-4,7-13H2,1H3,(H,24,30). The Hall–Kier alpha value is -2.88. The monoisotopic (exact) mass is 474 g/mol. The summed E-state index contributed by atoms with van der Waals surface area (Å²) in [6.07, 6.45) is 3.54. The molecule has 1 saturated heterocycles. The highest BCUT2D eigenvalue weighted by atomic mass is 32.1. The number of carbonyl (C=O) groups is 5. The third-order valence-electron chi connectivity index (χ3n) is 6.07. The van der Waals surface area contributed by atoms with E-state index < -0.39 is 23.8 Å². The zero-order valence-electron chi connectivity index (χ0n) is 18.7. The van der Waals surface area contributed by atoms with Gasteiger partial charge in [-0.25, -0.2) is 0 Å². The zero-order valence-corrected chi connectivity index (χ0v) is 19.6. The fraction of sp³-hybridized carbons (Fsp3) is 0.522. The van der Waals surface area contributed by atoms with E-state index in [-0.39, 0.29) is 29.9 Å². The first-order valence-electron chi connectivity index (χ1n) is 11.2. The first kappa shape index (κ1) is 24.8. The van der Waals surface area contributed by atoms with Crippen molar-refractivity contribution in [2.75, 3.05) is 32.0 Å². The van der Waals surface area contributed by atoms with E-state index in [0.717, 1.165) is 30.8 Å². The van der Waals surface area contributed by atoms with Gasteiger partial charge in [0.15, 0.2) is 0 Å². The Labute approximate surface area is 198 Å². The van der Waals surface area contributed by atoms with E-state index in [0.29, 0.717) is 36.6 Å². The van der Waals surface area contributed by atoms with Crippen molar-refractivity contribution >= 4 is 48.2 Å². The molecule has 3 rings (SSSR count). The first-order chi connectivity index (χ1) is 15.9. The summed E-state index contributed by atoms with van der Waals surface area (Å²) in [5, 5.41) is 5.98. The van der Waals surface area contributed by atoms with Crippen LogP contribution in [0, 0.1) is 0 Å². The molecule has 10 heteroatoms. The number of carbonyl (C=O) groups excluding carboxylic acids is 5. The minimum atomic E-state index is -1.06. The summed E-state index contributed by atoms with van der Waals surface area (Å²) in [6.45, 7) is 1.92. The van der Waals surface area contributed by atoms with Crippen LogP contribution in [-0.2, 0) is 14.4 Å². The molecule has 2 aliphatic heterocycles. The summed E-state index contributed by atoms with van der Waals surface area (Å²) >= 11 is 4.45. The summed E-state index contributed by atoms with van der Waals surface area (Å²) in [6, 6.07) is 3.87. The second kappa shape index (κ2) is 11.3. The normalized spacial score (nSPS) is 17.0. The van der Waals surface area contributed by atoms with Gasteiger partial charge in [-0.15, -0.1) is 0 Å². The summed E-state index contributed by atoms with van der Waals surface area (Å²) in [5.41, 5.74) is 0.920. The van der Waals surface area contributed by atoms with Crippen LogP contribution in [-0.4, -0.2) is 77.7 Å². The molecule has 2 N–H and O–H groups in total. The highest BCUT2D eigenvalue weighted by molar-refractivity contribution is 7.80. The molecule has 1 fully saturated rings. The molecular weight excluding hydrogens is 444 g/mol. The lowest BCUT2D eigenvalue weighted by atomic mass is 10.1. The molecule has 1 aromatic carbocycles. The van der Waals surface area contributed by atoms with Crippen LogP contribution in [0.5, 0.6) is 0 Å².